The predicted octanol–water partition coefficient (Wildman–Crippen LogP) is 4.74. The number of nitrogens with zero attached hydrogens (tertiary/aromatic N) is 4. The van der Waals surface area contributed by atoms with Gasteiger partial charge in [0.05, 0.1) is 5.69 Å². The molecule has 1 aromatic carbocycles. The van der Waals surface area contributed by atoms with Crippen LogP contribution in [0.4, 0.5) is 27.8 Å². The fourth-order valence-electron chi connectivity index (χ4n) is 3.64. The van der Waals surface area contributed by atoms with Crippen molar-refractivity contribution >= 4 is 33.1 Å². The van der Waals surface area contributed by atoms with E-state index in [9.17, 15) is 22.4 Å². The highest BCUT2D eigenvalue weighted by atomic mass is 32.1. The summed E-state index contributed by atoms with van der Waals surface area (Å²) in [5, 5.41) is 22.2. The van der Waals surface area contributed by atoms with E-state index >= 15 is 0 Å². The van der Waals surface area contributed by atoms with E-state index < -0.39 is 35.5 Å². The summed E-state index contributed by atoms with van der Waals surface area (Å²) in [4.78, 5) is 12.7. The van der Waals surface area contributed by atoms with Crippen LogP contribution in [0, 0.1) is 5.82 Å². The van der Waals surface area contributed by atoms with Gasteiger partial charge in [0.2, 0.25) is 10.3 Å². The maximum Gasteiger partial charge on any atom is 0.573 e. The number of hydrogen-bond acceptors (Lipinski definition) is 9. The summed E-state index contributed by atoms with van der Waals surface area (Å²) in [5.41, 5.74) is 1.54. The first-order valence-corrected chi connectivity index (χ1v) is 11.5. The summed E-state index contributed by atoms with van der Waals surface area (Å²) in [5.74, 6) is -2.45. The van der Waals surface area contributed by atoms with Gasteiger partial charge in [-0.1, -0.05) is 17.4 Å². The molecule has 2 aromatic heterocycles. The van der Waals surface area contributed by atoms with Gasteiger partial charge in [0, 0.05) is 24.9 Å². The van der Waals surface area contributed by atoms with Crippen LogP contribution in [-0.4, -0.2) is 45.8 Å². The van der Waals surface area contributed by atoms with Crippen LogP contribution in [0.25, 0.3) is 5.57 Å². The molecule has 9 nitrogen and oxygen atoms in total. The van der Waals surface area contributed by atoms with Crippen molar-refractivity contribution in [3.8, 4) is 5.75 Å². The van der Waals surface area contributed by atoms with Crippen molar-refractivity contribution in [2.24, 2.45) is 0 Å². The highest BCUT2D eigenvalue weighted by Crippen LogP contribution is 2.31. The van der Waals surface area contributed by atoms with Gasteiger partial charge in [0.1, 0.15) is 11.6 Å². The number of amides is 1. The van der Waals surface area contributed by atoms with Crippen molar-refractivity contribution in [3.63, 3.8) is 0 Å². The van der Waals surface area contributed by atoms with Crippen LogP contribution in [0.2, 0.25) is 0 Å². The third-order valence-corrected chi connectivity index (χ3v) is 6.02. The minimum absolute atomic E-state index is 0.0964. The Morgan fingerprint density at radius 2 is 2.00 bits per heavy atom. The maximum absolute atomic E-state index is 14.3. The van der Waals surface area contributed by atoms with Gasteiger partial charge < -0.3 is 14.8 Å². The molecule has 0 radical (unpaired) electrons. The zero-order valence-electron chi connectivity index (χ0n) is 18.8. The van der Waals surface area contributed by atoms with Gasteiger partial charge in [0.15, 0.2) is 6.10 Å². The van der Waals surface area contributed by atoms with E-state index in [1.807, 2.05) is 12.1 Å². The Morgan fingerprint density at radius 3 is 2.67 bits per heavy atom. The Labute approximate surface area is 206 Å². The lowest BCUT2D eigenvalue weighted by Gasteiger charge is -2.22. The number of anilines is 2. The van der Waals surface area contributed by atoms with E-state index in [-0.39, 0.29) is 11.2 Å². The molecule has 0 fully saturated rings. The van der Waals surface area contributed by atoms with E-state index in [1.54, 1.807) is 6.20 Å². The third-order valence-electron chi connectivity index (χ3n) is 5.25. The van der Waals surface area contributed by atoms with Gasteiger partial charge in [-0.15, -0.1) is 23.4 Å². The molecule has 0 spiro atoms. The molecule has 36 heavy (non-hydrogen) atoms. The van der Waals surface area contributed by atoms with E-state index in [1.165, 1.54) is 0 Å². The highest BCUT2D eigenvalue weighted by Gasteiger charge is 2.32. The highest BCUT2D eigenvalue weighted by molar-refractivity contribution is 7.19. The SMILES string of the molecule is COC(C(=O)Nc1nnc(N[C@H]2CC=C(c3cccnn3)CC2)s1)c1cc(OC(F)(F)F)ccc1F. The average molecular weight is 525 g/mol. The molecule has 0 bridgehead atoms. The maximum atomic E-state index is 14.3. The number of ether oxygens (including phenoxy) is 2. The molecular formula is C22H20F4N6O3S. The molecule has 0 saturated heterocycles. The Kier molecular flexibility index (Phi) is 7.74. The number of hydrogen-bond donors (Lipinski definition) is 2. The summed E-state index contributed by atoms with van der Waals surface area (Å²) in [6.07, 6.45) is -0.459. The second kappa shape index (κ2) is 11.0. The normalized spacial score (nSPS) is 16.7. The van der Waals surface area contributed by atoms with E-state index in [2.05, 4.69) is 41.8 Å². The van der Waals surface area contributed by atoms with E-state index in [0.717, 1.165) is 67.2 Å². The van der Waals surface area contributed by atoms with Crippen LogP contribution in [0.3, 0.4) is 0 Å². The average Bonchev–Trinajstić information content (AvgIpc) is 3.28. The molecule has 1 unspecified atom stereocenters. The predicted molar refractivity (Wildman–Crippen MR) is 123 cm³/mol. The molecule has 14 heteroatoms. The molecule has 0 aliphatic heterocycles. The van der Waals surface area contributed by atoms with E-state index in [0.29, 0.717) is 5.13 Å². The lowest BCUT2D eigenvalue weighted by molar-refractivity contribution is -0.274. The molecule has 4 rings (SSSR count). The number of aromatic nitrogens is 4. The van der Waals surface area contributed by atoms with Gasteiger partial charge in [-0.3, -0.25) is 10.1 Å². The molecule has 2 atom stereocenters. The molecule has 2 heterocycles. The Balaban J connectivity index is 1.38. The van der Waals surface area contributed by atoms with Crippen LogP contribution < -0.4 is 15.4 Å². The van der Waals surface area contributed by atoms with Crippen LogP contribution in [-0.2, 0) is 9.53 Å². The van der Waals surface area contributed by atoms with Gasteiger partial charge in [-0.05, 0) is 55.2 Å². The second-order valence-corrected chi connectivity index (χ2v) is 8.68. The number of rotatable bonds is 8. The minimum Gasteiger partial charge on any atom is -0.406 e. The van der Waals surface area contributed by atoms with Crippen LogP contribution in [0.5, 0.6) is 5.75 Å². The van der Waals surface area contributed by atoms with Crippen molar-refractivity contribution in [3.05, 3.63) is 59.7 Å². The number of benzene rings is 1. The molecule has 3 aromatic rings. The Bertz CT molecular complexity index is 1240. The Morgan fingerprint density at radius 1 is 1.19 bits per heavy atom. The lowest BCUT2D eigenvalue weighted by Crippen LogP contribution is -2.24. The van der Waals surface area contributed by atoms with Gasteiger partial charge in [-0.2, -0.15) is 10.2 Å². The van der Waals surface area contributed by atoms with Crippen molar-refractivity contribution < 1.29 is 31.8 Å². The standard InChI is InChI=1S/C22H20F4N6O3S/c1-34-18(15-11-14(8-9-16(15)23)35-22(24,25)26)19(33)29-21-32-31-20(36-21)28-13-6-4-12(5-7-13)17-3-2-10-27-30-17/h2-4,8-11,13,18H,5-7H2,1H3,(H,28,31)(H,29,32,33)/t13-,18?/m0/s1. The first kappa shape index (κ1) is 25.4. The van der Waals surface area contributed by atoms with Gasteiger partial charge >= 0.3 is 6.36 Å². The molecule has 190 valence electrons. The van der Waals surface area contributed by atoms with Crippen molar-refractivity contribution in [1.82, 2.24) is 20.4 Å². The largest absolute Gasteiger partial charge is 0.573 e. The zero-order chi connectivity index (χ0) is 25.7. The number of methoxy groups -OCH3 is 1. The first-order chi connectivity index (χ1) is 17.2. The number of alkyl halides is 3. The fourth-order valence-corrected chi connectivity index (χ4v) is 4.37. The molecular weight excluding hydrogens is 504 g/mol. The third kappa shape index (κ3) is 6.51. The summed E-state index contributed by atoms with van der Waals surface area (Å²) < 4.78 is 60.7. The van der Waals surface area contributed by atoms with Crippen molar-refractivity contribution in [2.75, 3.05) is 17.7 Å². The molecule has 1 aliphatic rings. The summed E-state index contributed by atoms with van der Waals surface area (Å²) in [6, 6.07) is 6.16. The minimum atomic E-state index is -4.97. The van der Waals surface area contributed by atoms with Crippen molar-refractivity contribution in [1.29, 1.82) is 0 Å². The number of carbonyl (C=O) groups is 1. The molecule has 0 saturated carbocycles. The molecule has 1 amide bonds. The zero-order valence-corrected chi connectivity index (χ0v) is 19.6. The summed E-state index contributed by atoms with van der Waals surface area (Å²) >= 11 is 1.06. The smallest absolute Gasteiger partial charge is 0.406 e. The number of carbonyl (C=O) groups excluding carboxylic acids is 1. The summed E-state index contributed by atoms with van der Waals surface area (Å²) in [7, 11) is 1.12. The molecule has 1 aliphatic carbocycles. The summed E-state index contributed by atoms with van der Waals surface area (Å²) in [6.45, 7) is 0. The lowest BCUT2D eigenvalue weighted by atomic mass is 9.93. The first-order valence-electron chi connectivity index (χ1n) is 10.7. The fraction of sp³-hybridized carbons (Fsp3) is 0.318. The number of allylic oxidation sites excluding steroid dienone is 1. The molecule has 2 N–H and O–H groups in total. The van der Waals surface area contributed by atoms with Gasteiger partial charge in [0.25, 0.3) is 5.91 Å². The monoisotopic (exact) mass is 524 g/mol. The quantitative estimate of drug-likeness (QED) is 0.407. The van der Waals surface area contributed by atoms with E-state index in [4.69, 9.17) is 4.74 Å². The van der Waals surface area contributed by atoms with Gasteiger partial charge in [-0.25, -0.2) is 4.39 Å². The van der Waals surface area contributed by atoms with Crippen LogP contribution in [0.1, 0.15) is 36.6 Å². The van der Waals surface area contributed by atoms with Crippen LogP contribution in [0.15, 0.2) is 42.6 Å². The van der Waals surface area contributed by atoms with Crippen LogP contribution >= 0.6 is 11.3 Å². The Hall–Kier alpha value is -3.65. The topological polar surface area (TPSA) is 111 Å². The van der Waals surface area contributed by atoms with Crippen molar-refractivity contribution in [2.45, 2.75) is 37.8 Å². The number of halogens is 4. The second-order valence-electron chi connectivity index (χ2n) is 7.70. The number of nitrogens with one attached hydrogen (secondary N) is 2.